The Morgan fingerprint density at radius 3 is 3.00 bits per heavy atom. The average Bonchev–Trinajstić information content (AvgIpc) is 3.45. The number of hydrogen-bond acceptors (Lipinski definition) is 7. The van der Waals surface area contributed by atoms with E-state index in [0.29, 0.717) is 0 Å². The number of thiophene rings is 1. The molecule has 27 heavy (non-hydrogen) atoms. The van der Waals surface area contributed by atoms with Gasteiger partial charge in [0.2, 0.25) is 6.79 Å². The molecule has 5 rings (SSSR count). The van der Waals surface area contributed by atoms with Crippen LogP contribution in [0.3, 0.4) is 0 Å². The van der Waals surface area contributed by atoms with Crippen molar-refractivity contribution in [2.75, 3.05) is 12.1 Å². The predicted molar refractivity (Wildman–Crippen MR) is 107 cm³/mol. The quantitative estimate of drug-likeness (QED) is 0.529. The van der Waals surface area contributed by atoms with Gasteiger partial charge in [-0.05, 0) is 36.6 Å². The van der Waals surface area contributed by atoms with Crippen molar-refractivity contribution < 1.29 is 9.47 Å². The SMILES string of the molecule is Cc1nc(NCc2cccs2)sc1-c1ccn(-c2ccc3c(c2)OCO3)n1. The molecule has 0 fully saturated rings. The second-order valence-corrected chi connectivity index (χ2v) is 8.08. The van der Waals surface area contributed by atoms with Crippen LogP contribution < -0.4 is 14.8 Å². The average molecular weight is 396 g/mol. The molecular formula is C19H16N4O2S2. The van der Waals surface area contributed by atoms with Gasteiger partial charge in [-0.25, -0.2) is 9.67 Å². The Balaban J connectivity index is 1.38. The van der Waals surface area contributed by atoms with Crippen molar-refractivity contribution in [2.24, 2.45) is 0 Å². The largest absolute Gasteiger partial charge is 0.454 e. The summed E-state index contributed by atoms with van der Waals surface area (Å²) in [6.07, 6.45) is 1.95. The van der Waals surface area contributed by atoms with Crippen molar-refractivity contribution in [3.05, 3.63) is 58.5 Å². The Morgan fingerprint density at radius 1 is 1.19 bits per heavy atom. The number of thiazole rings is 1. The molecule has 1 aromatic carbocycles. The first-order valence-corrected chi connectivity index (χ1v) is 10.2. The first-order valence-electron chi connectivity index (χ1n) is 8.46. The van der Waals surface area contributed by atoms with E-state index < -0.39 is 0 Å². The number of benzene rings is 1. The monoisotopic (exact) mass is 396 g/mol. The van der Waals surface area contributed by atoms with E-state index in [0.717, 1.165) is 45.1 Å². The number of ether oxygens (including phenoxy) is 2. The van der Waals surface area contributed by atoms with Crippen LogP contribution in [0.1, 0.15) is 10.6 Å². The van der Waals surface area contributed by atoms with Gasteiger partial charge < -0.3 is 14.8 Å². The summed E-state index contributed by atoms with van der Waals surface area (Å²) in [5.74, 6) is 1.52. The molecule has 4 aromatic rings. The summed E-state index contributed by atoms with van der Waals surface area (Å²) in [6, 6.07) is 12.0. The van der Waals surface area contributed by atoms with Crippen LogP contribution >= 0.6 is 22.7 Å². The van der Waals surface area contributed by atoms with E-state index in [2.05, 4.69) is 27.8 Å². The third-order valence-corrected chi connectivity index (χ3v) is 6.25. The Hall–Kier alpha value is -2.84. The van der Waals surface area contributed by atoms with Crippen molar-refractivity contribution >= 4 is 27.8 Å². The number of nitrogens with one attached hydrogen (secondary N) is 1. The van der Waals surface area contributed by atoms with E-state index in [1.54, 1.807) is 22.7 Å². The van der Waals surface area contributed by atoms with Crippen LogP contribution in [0.2, 0.25) is 0 Å². The fourth-order valence-corrected chi connectivity index (χ4v) is 4.47. The molecule has 6 nitrogen and oxygen atoms in total. The zero-order valence-electron chi connectivity index (χ0n) is 14.5. The summed E-state index contributed by atoms with van der Waals surface area (Å²) in [6.45, 7) is 3.07. The van der Waals surface area contributed by atoms with E-state index in [1.165, 1.54) is 4.88 Å². The predicted octanol–water partition coefficient (Wildman–Crippen LogP) is 4.71. The lowest BCUT2D eigenvalue weighted by Gasteiger charge is -2.02. The lowest BCUT2D eigenvalue weighted by molar-refractivity contribution is 0.174. The molecule has 0 radical (unpaired) electrons. The van der Waals surface area contributed by atoms with Crippen molar-refractivity contribution in [3.63, 3.8) is 0 Å². The minimum Gasteiger partial charge on any atom is -0.454 e. The number of nitrogens with zero attached hydrogens (tertiary/aromatic N) is 3. The molecule has 0 amide bonds. The van der Waals surface area contributed by atoms with Gasteiger partial charge in [-0.2, -0.15) is 5.10 Å². The molecular weight excluding hydrogens is 380 g/mol. The highest BCUT2D eigenvalue weighted by Gasteiger charge is 2.16. The van der Waals surface area contributed by atoms with E-state index >= 15 is 0 Å². The van der Waals surface area contributed by atoms with Crippen LogP contribution in [0, 0.1) is 6.92 Å². The maximum absolute atomic E-state index is 5.45. The molecule has 1 aliphatic rings. The Kier molecular flexibility index (Phi) is 4.06. The van der Waals surface area contributed by atoms with E-state index in [9.17, 15) is 0 Å². The highest BCUT2D eigenvalue weighted by Crippen LogP contribution is 2.35. The summed E-state index contributed by atoms with van der Waals surface area (Å²) in [5.41, 5.74) is 2.82. The summed E-state index contributed by atoms with van der Waals surface area (Å²) in [4.78, 5) is 7.00. The van der Waals surface area contributed by atoms with Gasteiger partial charge in [-0.1, -0.05) is 17.4 Å². The Morgan fingerprint density at radius 2 is 2.11 bits per heavy atom. The molecule has 1 aliphatic heterocycles. The second kappa shape index (κ2) is 6.71. The molecule has 0 saturated carbocycles. The maximum atomic E-state index is 5.45. The lowest BCUT2D eigenvalue weighted by atomic mass is 10.3. The zero-order valence-corrected chi connectivity index (χ0v) is 16.1. The minimum atomic E-state index is 0.268. The molecule has 0 aliphatic carbocycles. The molecule has 1 N–H and O–H groups in total. The van der Waals surface area contributed by atoms with Gasteiger partial charge in [0.25, 0.3) is 0 Å². The van der Waals surface area contributed by atoms with Crippen molar-refractivity contribution in [1.29, 1.82) is 0 Å². The molecule has 8 heteroatoms. The number of aryl methyl sites for hydroxylation is 1. The van der Waals surface area contributed by atoms with E-state index in [4.69, 9.17) is 14.6 Å². The second-order valence-electron chi connectivity index (χ2n) is 6.05. The van der Waals surface area contributed by atoms with Crippen molar-refractivity contribution in [3.8, 4) is 27.8 Å². The minimum absolute atomic E-state index is 0.268. The normalized spacial score (nSPS) is 12.5. The van der Waals surface area contributed by atoms with Crippen LogP contribution in [0.5, 0.6) is 11.5 Å². The number of anilines is 1. The third kappa shape index (κ3) is 3.17. The lowest BCUT2D eigenvalue weighted by Crippen LogP contribution is -1.96. The first kappa shape index (κ1) is 16.3. The van der Waals surface area contributed by atoms with Crippen molar-refractivity contribution in [2.45, 2.75) is 13.5 Å². The number of fused-ring (bicyclic) bond motifs is 1. The van der Waals surface area contributed by atoms with Gasteiger partial charge in [0, 0.05) is 17.1 Å². The van der Waals surface area contributed by atoms with E-state index in [1.807, 2.05) is 42.1 Å². The van der Waals surface area contributed by atoms with Gasteiger partial charge in [0.1, 0.15) is 5.69 Å². The summed E-state index contributed by atoms with van der Waals surface area (Å²) < 4.78 is 12.7. The molecule has 136 valence electrons. The summed E-state index contributed by atoms with van der Waals surface area (Å²) >= 11 is 3.36. The van der Waals surface area contributed by atoms with Gasteiger partial charge in [0.05, 0.1) is 22.8 Å². The van der Waals surface area contributed by atoms with Gasteiger partial charge in [0.15, 0.2) is 16.6 Å². The van der Waals surface area contributed by atoms with Gasteiger partial charge >= 0.3 is 0 Å². The van der Waals surface area contributed by atoms with Crippen molar-refractivity contribution in [1.82, 2.24) is 14.8 Å². The smallest absolute Gasteiger partial charge is 0.231 e. The van der Waals surface area contributed by atoms with Crippen LogP contribution in [0.15, 0.2) is 48.0 Å². The summed E-state index contributed by atoms with van der Waals surface area (Å²) in [7, 11) is 0. The highest BCUT2D eigenvalue weighted by atomic mass is 32.1. The van der Waals surface area contributed by atoms with Crippen LogP contribution in [0.4, 0.5) is 5.13 Å². The van der Waals surface area contributed by atoms with E-state index in [-0.39, 0.29) is 6.79 Å². The van der Waals surface area contributed by atoms with Gasteiger partial charge in [-0.15, -0.1) is 11.3 Å². The Bertz CT molecular complexity index is 1090. The number of hydrogen-bond donors (Lipinski definition) is 1. The molecule has 4 heterocycles. The number of rotatable bonds is 5. The van der Waals surface area contributed by atoms with Crippen LogP contribution in [-0.2, 0) is 6.54 Å². The molecule has 0 saturated heterocycles. The molecule has 3 aromatic heterocycles. The molecule has 0 unspecified atom stereocenters. The third-order valence-electron chi connectivity index (χ3n) is 4.23. The zero-order chi connectivity index (χ0) is 18.2. The Labute approximate surface area is 164 Å². The molecule has 0 atom stereocenters. The molecule has 0 spiro atoms. The van der Waals surface area contributed by atoms with Crippen LogP contribution in [-0.4, -0.2) is 21.6 Å². The van der Waals surface area contributed by atoms with Crippen LogP contribution in [0.25, 0.3) is 16.3 Å². The summed E-state index contributed by atoms with van der Waals surface area (Å²) in [5, 5.41) is 11.1. The fraction of sp³-hybridized carbons (Fsp3) is 0.158. The maximum Gasteiger partial charge on any atom is 0.231 e. The highest BCUT2D eigenvalue weighted by molar-refractivity contribution is 7.19. The molecule has 0 bridgehead atoms. The van der Waals surface area contributed by atoms with Gasteiger partial charge in [-0.3, -0.25) is 0 Å². The first-order chi connectivity index (χ1) is 13.3. The number of aromatic nitrogens is 3. The standard InChI is InChI=1S/C19H16N4O2S2/c1-12-18(27-19(21-12)20-10-14-3-2-8-26-14)15-6-7-23(22-15)13-4-5-16-17(9-13)25-11-24-16/h2-9H,10-11H2,1H3,(H,20,21). The fourth-order valence-electron chi connectivity index (χ4n) is 2.90. The topological polar surface area (TPSA) is 61.2 Å².